The Labute approximate surface area is 217 Å². The van der Waals surface area contributed by atoms with E-state index >= 15 is 0 Å². The van der Waals surface area contributed by atoms with Gasteiger partial charge in [-0.25, -0.2) is 14.4 Å². The lowest BCUT2D eigenvalue weighted by Crippen LogP contribution is -2.28. The molecular formula is C29H25FN8. The van der Waals surface area contributed by atoms with Gasteiger partial charge < -0.3 is 10.3 Å². The summed E-state index contributed by atoms with van der Waals surface area (Å²) in [5.41, 5.74) is 7.89. The smallest absolute Gasteiger partial charge is 0.161 e. The van der Waals surface area contributed by atoms with Crippen molar-refractivity contribution in [1.29, 1.82) is 0 Å². The van der Waals surface area contributed by atoms with Crippen molar-refractivity contribution in [3.05, 3.63) is 78.5 Å². The molecule has 0 amide bonds. The number of fused-ring (bicyclic) bond motifs is 2. The Bertz CT molecular complexity index is 1770. The molecule has 0 spiro atoms. The number of imidazole rings is 1. The van der Waals surface area contributed by atoms with Gasteiger partial charge in [0.15, 0.2) is 11.5 Å². The molecule has 0 unspecified atom stereocenters. The number of aromatic amines is 2. The molecule has 5 aromatic heterocycles. The summed E-state index contributed by atoms with van der Waals surface area (Å²) in [5.74, 6) is 0.935. The second kappa shape index (κ2) is 9.42. The maximum absolute atomic E-state index is 13.9. The van der Waals surface area contributed by atoms with Crippen LogP contribution in [0, 0.1) is 11.7 Å². The summed E-state index contributed by atoms with van der Waals surface area (Å²) in [6, 6.07) is 14.4. The predicted molar refractivity (Wildman–Crippen MR) is 145 cm³/mol. The lowest BCUT2D eigenvalue weighted by Gasteiger charge is -2.22. The molecule has 7 rings (SSSR count). The molecule has 38 heavy (non-hydrogen) atoms. The van der Waals surface area contributed by atoms with Gasteiger partial charge in [0.1, 0.15) is 16.9 Å². The average Bonchev–Trinajstić information content (AvgIpc) is 3.57. The van der Waals surface area contributed by atoms with Crippen LogP contribution < -0.4 is 5.32 Å². The van der Waals surface area contributed by atoms with Crippen LogP contribution in [0.25, 0.3) is 56.1 Å². The van der Waals surface area contributed by atoms with Crippen molar-refractivity contribution in [3.63, 3.8) is 0 Å². The first-order valence-electron chi connectivity index (χ1n) is 12.8. The van der Waals surface area contributed by atoms with Gasteiger partial charge in [0.05, 0.1) is 22.4 Å². The quantitative estimate of drug-likeness (QED) is 0.294. The van der Waals surface area contributed by atoms with Gasteiger partial charge in [0.2, 0.25) is 0 Å². The third-order valence-corrected chi connectivity index (χ3v) is 7.20. The molecule has 1 aromatic carbocycles. The van der Waals surface area contributed by atoms with Crippen molar-refractivity contribution in [3.8, 4) is 34.0 Å². The largest absolute Gasteiger partial charge is 0.336 e. The Morgan fingerprint density at radius 1 is 0.868 bits per heavy atom. The van der Waals surface area contributed by atoms with Gasteiger partial charge >= 0.3 is 0 Å². The Morgan fingerprint density at radius 2 is 1.76 bits per heavy atom. The molecule has 6 heterocycles. The fraction of sp³-hybridized carbons (Fsp3) is 0.207. The number of hydrogen-bond acceptors (Lipinski definition) is 6. The number of nitrogens with one attached hydrogen (secondary N) is 3. The number of rotatable bonds is 5. The summed E-state index contributed by atoms with van der Waals surface area (Å²) in [6.45, 7) is 2.17. The van der Waals surface area contributed by atoms with Crippen molar-refractivity contribution in [2.75, 3.05) is 13.1 Å². The van der Waals surface area contributed by atoms with Crippen molar-refractivity contribution >= 4 is 22.1 Å². The van der Waals surface area contributed by atoms with Crippen LogP contribution in [0.4, 0.5) is 4.39 Å². The highest BCUT2D eigenvalue weighted by atomic mass is 19.1. The van der Waals surface area contributed by atoms with Gasteiger partial charge in [-0.1, -0.05) is 12.1 Å². The normalized spacial score (nSPS) is 14.4. The first-order valence-corrected chi connectivity index (χ1v) is 12.8. The number of piperidine rings is 1. The zero-order valence-electron chi connectivity index (χ0n) is 20.6. The molecule has 9 heteroatoms. The minimum Gasteiger partial charge on any atom is -0.336 e. The van der Waals surface area contributed by atoms with Crippen LogP contribution in [-0.2, 0) is 6.42 Å². The number of pyridine rings is 3. The van der Waals surface area contributed by atoms with Gasteiger partial charge in [-0.15, -0.1) is 0 Å². The van der Waals surface area contributed by atoms with Crippen LogP contribution >= 0.6 is 0 Å². The summed E-state index contributed by atoms with van der Waals surface area (Å²) in [5, 5.41) is 11.0. The Hall–Kier alpha value is -4.50. The molecule has 8 nitrogen and oxygen atoms in total. The summed E-state index contributed by atoms with van der Waals surface area (Å²) in [4.78, 5) is 22.1. The van der Waals surface area contributed by atoms with Gasteiger partial charge in [0.25, 0.3) is 0 Å². The molecule has 0 radical (unpaired) electrons. The molecule has 1 fully saturated rings. The van der Waals surface area contributed by atoms with Gasteiger partial charge in [-0.2, -0.15) is 5.10 Å². The molecule has 0 aliphatic carbocycles. The zero-order chi connectivity index (χ0) is 25.5. The van der Waals surface area contributed by atoms with Crippen LogP contribution in [0.1, 0.15) is 18.4 Å². The van der Waals surface area contributed by atoms with E-state index in [4.69, 9.17) is 9.97 Å². The van der Waals surface area contributed by atoms with E-state index in [2.05, 4.69) is 36.5 Å². The second-order valence-corrected chi connectivity index (χ2v) is 9.80. The van der Waals surface area contributed by atoms with Crippen LogP contribution in [0.2, 0.25) is 0 Å². The van der Waals surface area contributed by atoms with Crippen molar-refractivity contribution in [2.45, 2.75) is 19.3 Å². The van der Waals surface area contributed by atoms with Crippen LogP contribution in [0.5, 0.6) is 0 Å². The number of aromatic nitrogens is 7. The standard InChI is InChI=1S/C29H25FN8/c30-21-3-1-2-19(14-21)25-26-23(8-11-33-25)35-29(36-26)28-27-24(37-38-28)5-4-22(34-27)20-13-18(15-32-16-20)12-17-6-9-31-10-7-17/h1-5,8,11,13-17,31H,6-7,9-10,12H2,(H,35,36)(H,37,38). The van der Waals surface area contributed by atoms with E-state index in [9.17, 15) is 4.39 Å². The second-order valence-electron chi connectivity index (χ2n) is 9.80. The predicted octanol–water partition coefficient (Wildman–Crippen LogP) is 5.31. The van der Waals surface area contributed by atoms with E-state index in [1.165, 1.54) is 30.5 Å². The Morgan fingerprint density at radius 3 is 2.66 bits per heavy atom. The summed E-state index contributed by atoms with van der Waals surface area (Å²) in [6.07, 6.45) is 8.93. The van der Waals surface area contributed by atoms with Gasteiger partial charge in [-0.05, 0) is 80.2 Å². The maximum atomic E-state index is 13.9. The van der Waals surface area contributed by atoms with Crippen LogP contribution in [0.3, 0.4) is 0 Å². The molecule has 1 aliphatic heterocycles. The molecule has 3 N–H and O–H groups in total. The van der Waals surface area contributed by atoms with E-state index in [-0.39, 0.29) is 5.82 Å². The van der Waals surface area contributed by atoms with Crippen molar-refractivity contribution in [2.24, 2.45) is 5.92 Å². The summed E-state index contributed by atoms with van der Waals surface area (Å²) < 4.78 is 13.9. The number of hydrogen-bond donors (Lipinski definition) is 3. The number of halogens is 1. The fourth-order valence-corrected chi connectivity index (χ4v) is 5.28. The lowest BCUT2D eigenvalue weighted by molar-refractivity contribution is 0.372. The number of H-pyrrole nitrogens is 2. The number of benzene rings is 1. The molecule has 1 saturated heterocycles. The molecule has 188 valence electrons. The van der Waals surface area contributed by atoms with E-state index in [0.29, 0.717) is 39.7 Å². The topological polar surface area (TPSA) is 108 Å². The highest BCUT2D eigenvalue weighted by molar-refractivity contribution is 5.95. The van der Waals surface area contributed by atoms with Crippen molar-refractivity contribution in [1.82, 2.24) is 40.4 Å². The average molecular weight is 505 g/mol. The van der Waals surface area contributed by atoms with Crippen molar-refractivity contribution < 1.29 is 4.39 Å². The third-order valence-electron chi connectivity index (χ3n) is 7.20. The monoisotopic (exact) mass is 504 g/mol. The van der Waals surface area contributed by atoms with Crippen LogP contribution in [-0.4, -0.2) is 48.2 Å². The molecule has 0 atom stereocenters. The van der Waals surface area contributed by atoms with E-state index in [1.807, 2.05) is 36.7 Å². The Kier molecular flexibility index (Phi) is 5.62. The molecule has 0 saturated carbocycles. The first-order chi connectivity index (χ1) is 18.7. The molecule has 6 aromatic rings. The summed E-state index contributed by atoms with van der Waals surface area (Å²) >= 11 is 0. The zero-order valence-corrected chi connectivity index (χ0v) is 20.6. The van der Waals surface area contributed by atoms with Gasteiger partial charge in [0, 0.05) is 29.7 Å². The van der Waals surface area contributed by atoms with Crippen LogP contribution in [0.15, 0.2) is 67.1 Å². The molecular weight excluding hydrogens is 479 g/mol. The minimum absolute atomic E-state index is 0.318. The lowest BCUT2D eigenvalue weighted by atomic mass is 9.91. The molecule has 1 aliphatic rings. The Balaban J connectivity index is 1.26. The summed E-state index contributed by atoms with van der Waals surface area (Å²) in [7, 11) is 0. The SMILES string of the molecule is Fc1cccc(-c2nccc3[nH]c(-c4n[nH]c5ccc(-c6cncc(CC7CCNCC7)c6)nc45)nc23)c1. The van der Waals surface area contributed by atoms with Gasteiger partial charge in [-0.3, -0.25) is 15.1 Å². The highest BCUT2D eigenvalue weighted by Gasteiger charge is 2.18. The number of nitrogens with zero attached hydrogens (tertiary/aromatic N) is 5. The first kappa shape index (κ1) is 22.7. The highest BCUT2D eigenvalue weighted by Crippen LogP contribution is 2.31. The fourth-order valence-electron chi connectivity index (χ4n) is 5.28. The maximum Gasteiger partial charge on any atom is 0.161 e. The van der Waals surface area contributed by atoms with E-state index < -0.39 is 0 Å². The molecule has 0 bridgehead atoms. The third kappa shape index (κ3) is 4.20. The van der Waals surface area contributed by atoms with E-state index in [1.54, 1.807) is 12.3 Å². The minimum atomic E-state index is -0.318. The van der Waals surface area contributed by atoms with E-state index in [0.717, 1.165) is 41.8 Å².